The van der Waals surface area contributed by atoms with Gasteiger partial charge in [-0.2, -0.15) is 0 Å². The molecular weight excluding hydrogens is 296 g/mol. The van der Waals surface area contributed by atoms with Gasteiger partial charge in [-0.15, -0.1) is 6.58 Å². The largest absolute Gasteiger partial charge is 0.491 e. The van der Waals surface area contributed by atoms with Crippen molar-refractivity contribution >= 4 is 5.97 Å². The van der Waals surface area contributed by atoms with Crippen LogP contribution in [0.1, 0.15) is 13.3 Å². The van der Waals surface area contributed by atoms with Gasteiger partial charge in [0.2, 0.25) is 0 Å². The molecule has 0 aromatic heterocycles. The van der Waals surface area contributed by atoms with Crippen molar-refractivity contribution in [2.24, 2.45) is 0 Å². The lowest BCUT2D eigenvalue weighted by Gasteiger charge is -2.07. The van der Waals surface area contributed by atoms with Crippen molar-refractivity contribution in [2.75, 3.05) is 33.2 Å². The van der Waals surface area contributed by atoms with Crippen LogP contribution in [0, 0.1) is 0 Å². The highest BCUT2D eigenvalue weighted by Crippen LogP contribution is 2.07. The van der Waals surface area contributed by atoms with E-state index in [0.717, 1.165) is 5.75 Å². The van der Waals surface area contributed by atoms with Gasteiger partial charge in [-0.3, -0.25) is 0 Å². The highest BCUT2D eigenvalue weighted by Gasteiger charge is 2.04. The lowest BCUT2D eigenvalue weighted by molar-refractivity contribution is -0.150. The predicted molar refractivity (Wildman–Crippen MR) is 88.2 cm³/mol. The number of hydrogen-bond acceptors (Lipinski definition) is 5. The van der Waals surface area contributed by atoms with Crippen molar-refractivity contribution in [3.8, 4) is 5.75 Å². The van der Waals surface area contributed by atoms with E-state index >= 15 is 0 Å². The molecule has 0 saturated carbocycles. The van der Waals surface area contributed by atoms with Crippen LogP contribution in [-0.2, 0) is 19.0 Å². The summed E-state index contributed by atoms with van der Waals surface area (Å²) in [4.78, 5) is 11.6. The van der Waals surface area contributed by atoms with E-state index in [4.69, 9.17) is 18.9 Å². The van der Waals surface area contributed by atoms with Gasteiger partial charge in [-0.1, -0.05) is 30.4 Å². The first-order valence-corrected chi connectivity index (χ1v) is 7.52. The maximum absolute atomic E-state index is 11.6. The van der Waals surface area contributed by atoms with Crippen LogP contribution in [0.3, 0.4) is 0 Å². The summed E-state index contributed by atoms with van der Waals surface area (Å²) >= 11 is 0. The van der Waals surface area contributed by atoms with Crippen molar-refractivity contribution < 1.29 is 23.7 Å². The SMILES string of the molecule is C=CCOCOC(=O)C(C)=CCCOCCOc1ccccc1. The third-order valence-electron chi connectivity index (χ3n) is 2.78. The molecule has 1 rings (SSSR count). The molecule has 0 amide bonds. The average molecular weight is 320 g/mol. The summed E-state index contributed by atoms with van der Waals surface area (Å²) in [7, 11) is 0. The average Bonchev–Trinajstić information content (AvgIpc) is 2.58. The molecule has 0 unspecified atom stereocenters. The van der Waals surface area contributed by atoms with E-state index in [0.29, 0.717) is 38.4 Å². The summed E-state index contributed by atoms with van der Waals surface area (Å²) < 4.78 is 20.8. The van der Waals surface area contributed by atoms with E-state index in [1.165, 1.54) is 0 Å². The molecule has 0 heterocycles. The zero-order chi connectivity index (χ0) is 16.8. The Balaban J connectivity index is 2.03. The van der Waals surface area contributed by atoms with Gasteiger partial charge in [-0.25, -0.2) is 4.79 Å². The Morgan fingerprint density at radius 2 is 1.91 bits per heavy atom. The normalized spacial score (nSPS) is 11.1. The summed E-state index contributed by atoms with van der Waals surface area (Å²) in [6.45, 7) is 7.01. The highest BCUT2D eigenvalue weighted by atomic mass is 16.7. The number of carbonyl (C=O) groups excluding carboxylic acids is 1. The Hall–Kier alpha value is -2.11. The molecule has 1 aromatic rings. The second kappa shape index (κ2) is 12.4. The Kier molecular flexibility index (Phi) is 10.2. The molecule has 0 radical (unpaired) electrons. The fourth-order valence-electron chi connectivity index (χ4n) is 1.62. The molecule has 0 spiro atoms. The van der Waals surface area contributed by atoms with Crippen molar-refractivity contribution in [3.05, 3.63) is 54.6 Å². The Bertz CT molecular complexity index is 481. The molecule has 0 saturated heterocycles. The zero-order valence-corrected chi connectivity index (χ0v) is 13.5. The monoisotopic (exact) mass is 320 g/mol. The van der Waals surface area contributed by atoms with E-state index in [2.05, 4.69) is 6.58 Å². The summed E-state index contributed by atoms with van der Waals surface area (Å²) in [6.07, 6.45) is 4.02. The van der Waals surface area contributed by atoms with Crippen LogP contribution in [0.5, 0.6) is 5.75 Å². The predicted octanol–water partition coefficient (Wildman–Crippen LogP) is 3.12. The number of rotatable bonds is 12. The molecule has 1 aromatic carbocycles. The van der Waals surface area contributed by atoms with E-state index in [1.54, 1.807) is 19.1 Å². The maximum Gasteiger partial charge on any atom is 0.335 e. The van der Waals surface area contributed by atoms with Gasteiger partial charge in [0.25, 0.3) is 0 Å². The van der Waals surface area contributed by atoms with Crippen LogP contribution in [0.15, 0.2) is 54.6 Å². The molecule has 0 atom stereocenters. The molecule has 0 aliphatic heterocycles. The first-order valence-electron chi connectivity index (χ1n) is 7.52. The number of hydrogen-bond donors (Lipinski definition) is 0. The Morgan fingerprint density at radius 1 is 1.13 bits per heavy atom. The topological polar surface area (TPSA) is 54.0 Å². The van der Waals surface area contributed by atoms with Crippen molar-refractivity contribution in [3.63, 3.8) is 0 Å². The highest BCUT2D eigenvalue weighted by molar-refractivity contribution is 5.87. The van der Waals surface area contributed by atoms with Gasteiger partial charge in [0.15, 0.2) is 6.79 Å². The lowest BCUT2D eigenvalue weighted by atomic mass is 10.2. The summed E-state index contributed by atoms with van der Waals surface area (Å²) in [6, 6.07) is 9.58. The third-order valence-corrected chi connectivity index (χ3v) is 2.78. The van der Waals surface area contributed by atoms with Gasteiger partial charge in [0.1, 0.15) is 12.4 Å². The first-order chi connectivity index (χ1) is 11.2. The summed E-state index contributed by atoms with van der Waals surface area (Å²) in [5, 5.41) is 0. The van der Waals surface area contributed by atoms with Gasteiger partial charge >= 0.3 is 5.97 Å². The molecule has 5 nitrogen and oxygen atoms in total. The van der Waals surface area contributed by atoms with Gasteiger partial charge in [0, 0.05) is 5.57 Å². The van der Waals surface area contributed by atoms with Crippen molar-refractivity contribution in [2.45, 2.75) is 13.3 Å². The minimum atomic E-state index is -0.388. The summed E-state index contributed by atoms with van der Waals surface area (Å²) in [5.41, 5.74) is 0.538. The fraction of sp³-hybridized carbons (Fsp3) is 0.389. The third kappa shape index (κ3) is 9.50. The van der Waals surface area contributed by atoms with E-state index in [9.17, 15) is 4.79 Å². The maximum atomic E-state index is 11.6. The van der Waals surface area contributed by atoms with Gasteiger partial charge in [0.05, 0.1) is 19.8 Å². The minimum Gasteiger partial charge on any atom is -0.491 e. The van der Waals surface area contributed by atoms with Crippen LogP contribution in [0.2, 0.25) is 0 Å². The van der Waals surface area contributed by atoms with Gasteiger partial charge in [-0.05, 0) is 25.5 Å². The van der Waals surface area contributed by atoms with Crippen molar-refractivity contribution in [1.29, 1.82) is 0 Å². The van der Waals surface area contributed by atoms with Crippen LogP contribution >= 0.6 is 0 Å². The second-order valence-electron chi connectivity index (χ2n) is 4.66. The molecule has 0 fully saturated rings. The number of para-hydroxylation sites is 1. The molecular formula is C18H24O5. The van der Waals surface area contributed by atoms with Gasteiger partial charge < -0.3 is 18.9 Å². The van der Waals surface area contributed by atoms with Crippen LogP contribution < -0.4 is 4.74 Å². The van der Waals surface area contributed by atoms with E-state index in [-0.39, 0.29) is 12.8 Å². The first kappa shape index (κ1) is 18.9. The van der Waals surface area contributed by atoms with Crippen LogP contribution in [-0.4, -0.2) is 39.2 Å². The number of ether oxygens (including phenoxy) is 4. The quantitative estimate of drug-likeness (QED) is 0.195. The van der Waals surface area contributed by atoms with Crippen LogP contribution in [0.4, 0.5) is 0 Å². The number of carbonyl (C=O) groups is 1. The Labute approximate surface area is 137 Å². The van der Waals surface area contributed by atoms with Crippen molar-refractivity contribution in [1.82, 2.24) is 0 Å². The molecule has 23 heavy (non-hydrogen) atoms. The Morgan fingerprint density at radius 3 is 2.65 bits per heavy atom. The minimum absolute atomic E-state index is 0.0661. The standard InChI is InChI=1S/C18H24O5/c1-3-11-21-15-23-18(19)16(2)8-7-12-20-13-14-22-17-9-5-4-6-10-17/h3-6,8-10H,1,7,11-15H2,2H3. The molecule has 0 N–H and O–H groups in total. The second-order valence-corrected chi connectivity index (χ2v) is 4.66. The lowest BCUT2D eigenvalue weighted by Crippen LogP contribution is -2.10. The summed E-state index contributed by atoms with van der Waals surface area (Å²) in [5.74, 6) is 0.440. The molecule has 5 heteroatoms. The number of benzene rings is 1. The zero-order valence-electron chi connectivity index (χ0n) is 13.5. The smallest absolute Gasteiger partial charge is 0.335 e. The van der Waals surface area contributed by atoms with E-state index < -0.39 is 0 Å². The molecule has 0 bridgehead atoms. The molecule has 0 aliphatic rings. The number of esters is 1. The van der Waals surface area contributed by atoms with Crippen LogP contribution in [0.25, 0.3) is 0 Å². The molecule has 126 valence electrons. The fourth-order valence-corrected chi connectivity index (χ4v) is 1.62. The molecule has 0 aliphatic carbocycles. The van der Waals surface area contributed by atoms with E-state index in [1.807, 2.05) is 30.3 Å².